The Labute approximate surface area is 90.9 Å². The van der Waals surface area contributed by atoms with Crippen LogP contribution in [-0.4, -0.2) is 12.0 Å². The van der Waals surface area contributed by atoms with Gasteiger partial charge in [0.1, 0.15) is 5.01 Å². The van der Waals surface area contributed by atoms with Crippen molar-refractivity contribution < 1.29 is 0 Å². The molecule has 2 rings (SSSR count). The summed E-state index contributed by atoms with van der Waals surface area (Å²) in [5.41, 5.74) is 1.16. The summed E-state index contributed by atoms with van der Waals surface area (Å²) in [5.74, 6) is 0.841. The fraction of sp³-hybridized carbons (Fsp3) is 0.667. The van der Waals surface area contributed by atoms with Crippen LogP contribution in [0.5, 0.6) is 0 Å². The highest BCUT2D eigenvalue weighted by molar-refractivity contribution is 9.09. The third-order valence-corrected chi connectivity index (χ3v) is 4.66. The molecule has 1 aromatic rings. The van der Waals surface area contributed by atoms with Crippen LogP contribution in [0.25, 0.3) is 0 Å². The maximum absolute atomic E-state index is 4.57. The number of nitrogens with one attached hydrogen (secondary N) is 1. The van der Waals surface area contributed by atoms with Gasteiger partial charge in [-0.25, -0.2) is 4.98 Å². The average Bonchev–Trinajstić information content (AvgIpc) is 2.87. The Balaban J connectivity index is 2.03. The smallest absolute Gasteiger partial charge is 0.107 e. The molecule has 0 aliphatic heterocycles. The van der Waals surface area contributed by atoms with Gasteiger partial charge in [0.05, 0.1) is 10.5 Å². The van der Waals surface area contributed by atoms with Crippen molar-refractivity contribution in [3.05, 3.63) is 16.1 Å². The van der Waals surface area contributed by atoms with Gasteiger partial charge in [0, 0.05) is 11.9 Å². The molecule has 0 saturated heterocycles. The quantitative estimate of drug-likeness (QED) is 0.843. The summed E-state index contributed by atoms with van der Waals surface area (Å²) in [6.07, 6.45) is 2.72. The summed E-state index contributed by atoms with van der Waals surface area (Å²) in [4.78, 5) is 5.07. The Bertz CT molecular complexity index is 283. The molecule has 4 heteroatoms. The van der Waals surface area contributed by atoms with Crippen molar-refractivity contribution in [2.45, 2.75) is 24.2 Å². The predicted octanol–water partition coefficient (Wildman–Crippen LogP) is 2.71. The van der Waals surface area contributed by atoms with E-state index >= 15 is 0 Å². The first-order chi connectivity index (χ1) is 6.31. The fourth-order valence-corrected chi connectivity index (χ4v) is 3.14. The SMILES string of the molecule is CNCc1csc(C(Br)C2CC2)n1. The van der Waals surface area contributed by atoms with E-state index in [1.807, 2.05) is 7.05 Å². The van der Waals surface area contributed by atoms with E-state index in [-0.39, 0.29) is 0 Å². The van der Waals surface area contributed by atoms with Gasteiger partial charge in [-0.15, -0.1) is 11.3 Å². The van der Waals surface area contributed by atoms with Crippen molar-refractivity contribution in [3.63, 3.8) is 0 Å². The van der Waals surface area contributed by atoms with Gasteiger partial charge >= 0.3 is 0 Å². The third kappa shape index (κ3) is 2.30. The van der Waals surface area contributed by atoms with Crippen LogP contribution in [0.4, 0.5) is 0 Å². The van der Waals surface area contributed by atoms with E-state index in [1.54, 1.807) is 11.3 Å². The summed E-state index contributed by atoms with van der Waals surface area (Å²) < 4.78 is 0. The molecule has 0 radical (unpaired) electrons. The number of nitrogens with zero attached hydrogens (tertiary/aromatic N) is 1. The fourth-order valence-electron chi connectivity index (χ4n) is 1.30. The minimum absolute atomic E-state index is 0.503. The van der Waals surface area contributed by atoms with E-state index in [1.165, 1.54) is 17.8 Å². The maximum atomic E-state index is 4.57. The molecule has 0 spiro atoms. The van der Waals surface area contributed by atoms with Crippen LogP contribution in [0.3, 0.4) is 0 Å². The van der Waals surface area contributed by atoms with Gasteiger partial charge < -0.3 is 5.32 Å². The van der Waals surface area contributed by atoms with Crippen LogP contribution in [0, 0.1) is 5.92 Å². The molecule has 1 N–H and O–H groups in total. The van der Waals surface area contributed by atoms with Gasteiger partial charge in [0.25, 0.3) is 0 Å². The molecule has 1 aromatic heterocycles. The second-order valence-electron chi connectivity index (χ2n) is 3.45. The topological polar surface area (TPSA) is 24.9 Å². The zero-order valence-electron chi connectivity index (χ0n) is 7.59. The first-order valence-electron chi connectivity index (χ1n) is 4.54. The number of hydrogen-bond acceptors (Lipinski definition) is 3. The molecule has 1 aliphatic carbocycles. The predicted molar refractivity (Wildman–Crippen MR) is 59.3 cm³/mol. The Morgan fingerprint density at radius 2 is 2.54 bits per heavy atom. The highest BCUT2D eigenvalue weighted by Gasteiger charge is 2.32. The van der Waals surface area contributed by atoms with Crippen LogP contribution in [0.15, 0.2) is 5.38 Å². The number of alkyl halides is 1. The average molecular weight is 261 g/mol. The third-order valence-electron chi connectivity index (χ3n) is 2.20. The van der Waals surface area contributed by atoms with Gasteiger partial charge in [-0.2, -0.15) is 0 Å². The minimum Gasteiger partial charge on any atom is -0.314 e. The molecule has 1 heterocycles. The molecule has 1 aliphatic rings. The molecule has 1 saturated carbocycles. The van der Waals surface area contributed by atoms with Crippen LogP contribution in [0.1, 0.15) is 28.4 Å². The number of halogens is 1. The molecule has 0 amide bonds. The summed E-state index contributed by atoms with van der Waals surface area (Å²) >= 11 is 5.47. The van der Waals surface area contributed by atoms with Gasteiger partial charge in [-0.1, -0.05) is 15.9 Å². The van der Waals surface area contributed by atoms with Crippen molar-refractivity contribution in [3.8, 4) is 0 Å². The lowest BCUT2D eigenvalue weighted by Crippen LogP contribution is -2.05. The Kier molecular flexibility index (Phi) is 3.01. The van der Waals surface area contributed by atoms with Gasteiger partial charge in [-0.05, 0) is 25.8 Å². The Hall–Kier alpha value is 0.0700. The summed E-state index contributed by atoms with van der Waals surface area (Å²) in [7, 11) is 1.95. The van der Waals surface area contributed by atoms with Crippen molar-refractivity contribution >= 4 is 27.3 Å². The monoisotopic (exact) mass is 260 g/mol. The standard InChI is InChI=1S/C9H13BrN2S/c1-11-4-7-5-13-9(12-7)8(10)6-2-3-6/h5-6,8,11H,2-4H2,1H3. The van der Waals surface area contributed by atoms with E-state index in [9.17, 15) is 0 Å². The van der Waals surface area contributed by atoms with Crippen molar-refractivity contribution in [1.82, 2.24) is 10.3 Å². The lowest BCUT2D eigenvalue weighted by Gasteiger charge is -2.01. The summed E-state index contributed by atoms with van der Waals surface area (Å²) in [6, 6.07) is 0. The van der Waals surface area contributed by atoms with Crippen molar-refractivity contribution in [2.75, 3.05) is 7.05 Å². The lowest BCUT2D eigenvalue weighted by molar-refractivity contribution is 0.771. The van der Waals surface area contributed by atoms with Crippen LogP contribution < -0.4 is 5.32 Å². The maximum Gasteiger partial charge on any atom is 0.107 e. The van der Waals surface area contributed by atoms with E-state index < -0.39 is 0 Å². The Morgan fingerprint density at radius 1 is 1.77 bits per heavy atom. The number of aromatic nitrogens is 1. The molecular weight excluding hydrogens is 248 g/mol. The first-order valence-corrected chi connectivity index (χ1v) is 6.33. The molecular formula is C9H13BrN2S. The molecule has 2 nitrogen and oxygen atoms in total. The lowest BCUT2D eigenvalue weighted by atomic mass is 10.3. The molecule has 1 unspecified atom stereocenters. The zero-order chi connectivity index (χ0) is 9.26. The van der Waals surface area contributed by atoms with E-state index in [0.29, 0.717) is 4.83 Å². The number of hydrogen-bond donors (Lipinski definition) is 1. The largest absolute Gasteiger partial charge is 0.314 e. The Morgan fingerprint density at radius 3 is 3.15 bits per heavy atom. The first kappa shape index (κ1) is 9.62. The van der Waals surface area contributed by atoms with Crippen LogP contribution >= 0.6 is 27.3 Å². The van der Waals surface area contributed by atoms with Crippen molar-refractivity contribution in [1.29, 1.82) is 0 Å². The summed E-state index contributed by atoms with van der Waals surface area (Å²) in [6.45, 7) is 0.876. The normalized spacial score (nSPS) is 18.9. The molecule has 72 valence electrons. The number of rotatable bonds is 4. The second-order valence-corrected chi connectivity index (χ2v) is 5.32. The van der Waals surface area contributed by atoms with Gasteiger partial charge in [0.15, 0.2) is 0 Å². The second kappa shape index (κ2) is 4.07. The summed E-state index contributed by atoms with van der Waals surface area (Å²) in [5, 5.41) is 6.49. The number of thiazole rings is 1. The van der Waals surface area contributed by atoms with Crippen LogP contribution in [-0.2, 0) is 6.54 Å². The zero-order valence-corrected chi connectivity index (χ0v) is 9.99. The molecule has 0 bridgehead atoms. The van der Waals surface area contributed by atoms with Gasteiger partial charge in [-0.3, -0.25) is 0 Å². The highest BCUT2D eigenvalue weighted by atomic mass is 79.9. The molecule has 0 aromatic carbocycles. The molecule has 13 heavy (non-hydrogen) atoms. The van der Waals surface area contributed by atoms with E-state index in [0.717, 1.165) is 18.2 Å². The molecule has 1 fully saturated rings. The molecule has 1 atom stereocenters. The van der Waals surface area contributed by atoms with E-state index in [4.69, 9.17) is 0 Å². The minimum atomic E-state index is 0.503. The van der Waals surface area contributed by atoms with Crippen LogP contribution in [0.2, 0.25) is 0 Å². The highest BCUT2D eigenvalue weighted by Crippen LogP contribution is 2.46. The van der Waals surface area contributed by atoms with Crippen molar-refractivity contribution in [2.24, 2.45) is 5.92 Å². The van der Waals surface area contributed by atoms with Gasteiger partial charge in [0.2, 0.25) is 0 Å². The van der Waals surface area contributed by atoms with E-state index in [2.05, 4.69) is 31.6 Å².